The molecule has 0 N–H and O–H groups in total. The number of hydrogen-bond acceptors (Lipinski definition) is 3. The van der Waals surface area contributed by atoms with Gasteiger partial charge in [-0.3, -0.25) is 0 Å². The molecule has 1 aromatic heterocycles. The van der Waals surface area contributed by atoms with Gasteiger partial charge in [-0.2, -0.15) is 0 Å². The lowest BCUT2D eigenvalue weighted by Gasteiger charge is -2.32. The average molecular weight is 850 g/mol. The Morgan fingerprint density at radius 1 is 0.212 bits per heavy atom. The molecule has 10 rings (SSSR count). The highest BCUT2D eigenvalue weighted by molar-refractivity contribution is 5.70. The Morgan fingerprint density at radius 3 is 0.591 bits per heavy atom. The molecule has 0 aliphatic heterocycles. The van der Waals surface area contributed by atoms with E-state index in [2.05, 4.69) is 276 Å². The summed E-state index contributed by atoms with van der Waals surface area (Å²) >= 11 is 0. The summed E-state index contributed by atoms with van der Waals surface area (Å²) in [5.74, 6) is 1.83. The van der Waals surface area contributed by atoms with Gasteiger partial charge in [0.1, 0.15) is 0 Å². The molecule has 0 atom stereocenters. The van der Waals surface area contributed by atoms with Crippen LogP contribution in [0.4, 0.5) is 0 Å². The van der Waals surface area contributed by atoms with E-state index in [4.69, 9.17) is 15.0 Å². The molecule has 0 radical (unpaired) electrons. The molecule has 0 saturated heterocycles. The second-order valence-electron chi connectivity index (χ2n) is 17.6. The summed E-state index contributed by atoms with van der Waals surface area (Å²) in [6, 6.07) is 90.8. The van der Waals surface area contributed by atoms with Crippen molar-refractivity contribution in [1.82, 2.24) is 15.0 Å². The standard InChI is InChI=1S/C63H51N3/c1-61(49-28-10-4-11-29-49,50-30-12-5-13-31-50)55-40-22-25-46(43-55)58-64-59(47-26-23-41-56(44-47)62(2,51-32-14-6-15-33-51)52-34-16-7-17-35-52)66-60(65-58)48-27-24-42-57(45-48)63(3,53-36-18-8-19-37-53)54-38-20-9-21-39-54/h4-45H,1-3H3. The van der Waals surface area contributed by atoms with Crippen molar-refractivity contribution >= 4 is 0 Å². The zero-order chi connectivity index (χ0) is 45.0. The molecule has 0 aliphatic carbocycles. The fraction of sp³-hybridized carbons (Fsp3) is 0.0952. The van der Waals surface area contributed by atoms with Crippen LogP contribution in [-0.4, -0.2) is 15.0 Å². The fourth-order valence-electron chi connectivity index (χ4n) is 9.80. The predicted molar refractivity (Wildman–Crippen MR) is 271 cm³/mol. The van der Waals surface area contributed by atoms with Crippen molar-refractivity contribution in [2.24, 2.45) is 0 Å². The lowest BCUT2D eigenvalue weighted by molar-refractivity contribution is 0.692. The number of hydrogen-bond donors (Lipinski definition) is 0. The van der Waals surface area contributed by atoms with Crippen molar-refractivity contribution < 1.29 is 0 Å². The van der Waals surface area contributed by atoms with E-state index in [0.717, 1.165) is 33.4 Å². The lowest BCUT2D eigenvalue weighted by atomic mass is 9.71. The minimum atomic E-state index is -0.446. The Morgan fingerprint density at radius 2 is 0.394 bits per heavy atom. The van der Waals surface area contributed by atoms with Crippen molar-refractivity contribution in [3.8, 4) is 34.2 Å². The topological polar surface area (TPSA) is 38.7 Å². The minimum Gasteiger partial charge on any atom is -0.208 e. The third kappa shape index (κ3) is 7.73. The summed E-state index contributed by atoms with van der Waals surface area (Å²) in [6.07, 6.45) is 0. The normalized spacial score (nSPS) is 11.9. The summed E-state index contributed by atoms with van der Waals surface area (Å²) in [5, 5.41) is 0. The maximum absolute atomic E-state index is 5.38. The molecular formula is C63H51N3. The van der Waals surface area contributed by atoms with Gasteiger partial charge in [-0.25, -0.2) is 15.0 Å². The molecule has 0 spiro atoms. The first-order chi connectivity index (χ1) is 32.3. The first-order valence-corrected chi connectivity index (χ1v) is 22.8. The quantitative estimate of drug-likeness (QED) is 0.115. The molecule has 0 bridgehead atoms. The highest BCUT2D eigenvalue weighted by Gasteiger charge is 2.34. The first-order valence-electron chi connectivity index (χ1n) is 22.8. The molecule has 0 amide bonds. The van der Waals surface area contributed by atoms with E-state index in [1.807, 2.05) is 0 Å². The van der Waals surface area contributed by atoms with E-state index < -0.39 is 16.2 Å². The summed E-state index contributed by atoms with van der Waals surface area (Å²) in [6.45, 7) is 6.93. The summed E-state index contributed by atoms with van der Waals surface area (Å²) in [7, 11) is 0. The Hall–Kier alpha value is -8.01. The highest BCUT2D eigenvalue weighted by Crippen LogP contribution is 2.43. The number of rotatable bonds is 12. The SMILES string of the molecule is CC(c1ccccc1)(c1ccccc1)c1cccc(-c2nc(-c3cccc(C(C)(c4ccccc4)c4ccccc4)c3)nc(-c3cccc(C(C)(c4ccccc4)c4ccccc4)c3)n2)c1. The van der Waals surface area contributed by atoms with E-state index >= 15 is 0 Å². The van der Waals surface area contributed by atoms with Crippen LogP contribution in [0.5, 0.6) is 0 Å². The van der Waals surface area contributed by atoms with Gasteiger partial charge in [0.15, 0.2) is 17.5 Å². The van der Waals surface area contributed by atoms with Crippen LogP contribution in [0, 0.1) is 0 Å². The smallest absolute Gasteiger partial charge is 0.164 e. The second kappa shape index (κ2) is 17.9. The summed E-state index contributed by atoms with van der Waals surface area (Å²) < 4.78 is 0. The Bertz CT molecular complexity index is 2730. The maximum Gasteiger partial charge on any atom is 0.164 e. The molecule has 66 heavy (non-hydrogen) atoms. The third-order valence-corrected chi connectivity index (χ3v) is 13.8. The van der Waals surface area contributed by atoms with Gasteiger partial charge in [-0.1, -0.05) is 237 Å². The van der Waals surface area contributed by atoms with Crippen molar-refractivity contribution in [3.63, 3.8) is 0 Å². The van der Waals surface area contributed by atoms with Crippen LogP contribution in [0.25, 0.3) is 34.2 Å². The van der Waals surface area contributed by atoms with Gasteiger partial charge in [0.2, 0.25) is 0 Å². The molecule has 3 heteroatoms. The molecule has 0 unspecified atom stereocenters. The van der Waals surface area contributed by atoms with E-state index in [-0.39, 0.29) is 0 Å². The monoisotopic (exact) mass is 849 g/mol. The van der Waals surface area contributed by atoms with Crippen LogP contribution in [-0.2, 0) is 16.2 Å². The molecule has 318 valence electrons. The molecule has 3 nitrogen and oxygen atoms in total. The van der Waals surface area contributed by atoms with Crippen molar-refractivity contribution in [3.05, 3.63) is 305 Å². The Balaban J connectivity index is 1.17. The van der Waals surface area contributed by atoms with E-state index in [9.17, 15) is 0 Å². The van der Waals surface area contributed by atoms with Gasteiger partial charge in [-0.15, -0.1) is 0 Å². The number of benzene rings is 9. The van der Waals surface area contributed by atoms with Gasteiger partial charge in [0, 0.05) is 32.9 Å². The van der Waals surface area contributed by atoms with E-state index in [1.54, 1.807) is 0 Å². The predicted octanol–water partition coefficient (Wildman–Crippen LogP) is 14.9. The molecule has 10 aromatic rings. The molecular weight excluding hydrogens is 799 g/mol. The second-order valence-corrected chi connectivity index (χ2v) is 17.6. The Labute approximate surface area is 389 Å². The van der Waals surface area contributed by atoms with Crippen LogP contribution >= 0.6 is 0 Å². The van der Waals surface area contributed by atoms with Crippen molar-refractivity contribution in [2.75, 3.05) is 0 Å². The molecule has 0 aliphatic rings. The maximum atomic E-state index is 5.38. The van der Waals surface area contributed by atoms with E-state index in [1.165, 1.54) is 33.4 Å². The first kappa shape index (κ1) is 42.0. The third-order valence-electron chi connectivity index (χ3n) is 13.8. The number of nitrogens with zero attached hydrogens (tertiary/aromatic N) is 3. The average Bonchev–Trinajstić information content (AvgIpc) is 3.41. The Kier molecular flexibility index (Phi) is 11.4. The van der Waals surface area contributed by atoms with Crippen LogP contribution in [0.1, 0.15) is 70.8 Å². The summed E-state index contributed by atoms with van der Waals surface area (Å²) in [5.41, 5.74) is 12.1. The van der Waals surface area contributed by atoms with Crippen molar-refractivity contribution in [1.29, 1.82) is 0 Å². The van der Waals surface area contributed by atoms with Crippen LogP contribution in [0.15, 0.2) is 255 Å². The van der Waals surface area contributed by atoms with Gasteiger partial charge in [0.05, 0.1) is 0 Å². The van der Waals surface area contributed by atoms with Crippen LogP contribution in [0.3, 0.4) is 0 Å². The molecule has 0 saturated carbocycles. The zero-order valence-corrected chi connectivity index (χ0v) is 37.6. The zero-order valence-electron chi connectivity index (χ0n) is 37.6. The molecule has 1 heterocycles. The fourth-order valence-corrected chi connectivity index (χ4v) is 9.80. The highest BCUT2D eigenvalue weighted by atomic mass is 15.0. The van der Waals surface area contributed by atoms with E-state index in [0.29, 0.717) is 17.5 Å². The number of aromatic nitrogens is 3. The lowest BCUT2D eigenvalue weighted by Crippen LogP contribution is -2.25. The van der Waals surface area contributed by atoms with Crippen LogP contribution < -0.4 is 0 Å². The largest absolute Gasteiger partial charge is 0.208 e. The van der Waals surface area contributed by atoms with Gasteiger partial charge >= 0.3 is 0 Å². The molecule has 9 aromatic carbocycles. The summed E-state index contributed by atoms with van der Waals surface area (Å²) in [4.78, 5) is 16.1. The van der Waals surface area contributed by atoms with Gasteiger partial charge < -0.3 is 0 Å². The molecule has 0 fully saturated rings. The van der Waals surface area contributed by atoms with Crippen molar-refractivity contribution in [2.45, 2.75) is 37.0 Å². The minimum absolute atomic E-state index is 0.446. The van der Waals surface area contributed by atoms with Gasteiger partial charge in [0.25, 0.3) is 0 Å². The van der Waals surface area contributed by atoms with Gasteiger partial charge in [-0.05, 0) is 89.0 Å². The van der Waals surface area contributed by atoms with Crippen LogP contribution in [0.2, 0.25) is 0 Å².